The lowest BCUT2D eigenvalue weighted by atomic mass is 10.1. The summed E-state index contributed by atoms with van der Waals surface area (Å²) in [6.45, 7) is 4.77. The highest BCUT2D eigenvalue weighted by molar-refractivity contribution is 9.10. The van der Waals surface area contributed by atoms with Gasteiger partial charge in [0.15, 0.2) is 11.5 Å². The maximum atomic E-state index is 5.88. The summed E-state index contributed by atoms with van der Waals surface area (Å²) in [5.41, 5.74) is 6.70. The first-order valence-electron chi connectivity index (χ1n) is 6.31. The topological polar surface area (TPSA) is 44.5 Å². The highest BCUT2D eigenvalue weighted by atomic mass is 79.9. The minimum Gasteiger partial charge on any atom is -0.493 e. The number of aryl methyl sites for hydroxylation is 1. The average Bonchev–Trinajstić information content (AvgIpc) is 2.31. The predicted octanol–water partition coefficient (Wildman–Crippen LogP) is 3.53. The van der Waals surface area contributed by atoms with E-state index in [4.69, 9.17) is 15.2 Å². The molecular weight excluding hydrogens is 294 g/mol. The second-order valence-electron chi connectivity index (χ2n) is 4.51. The van der Waals surface area contributed by atoms with Crippen molar-refractivity contribution in [2.45, 2.75) is 39.2 Å². The van der Waals surface area contributed by atoms with E-state index >= 15 is 0 Å². The number of rotatable bonds is 7. The van der Waals surface area contributed by atoms with Crippen LogP contribution in [0.1, 0.15) is 32.3 Å². The van der Waals surface area contributed by atoms with Crippen LogP contribution in [0.15, 0.2) is 16.6 Å². The third-order valence-corrected chi connectivity index (χ3v) is 3.03. The number of unbranched alkanes of at least 4 members (excludes halogenated alkanes) is 1. The second kappa shape index (κ2) is 7.64. The molecule has 102 valence electrons. The van der Waals surface area contributed by atoms with Crippen LogP contribution in [-0.2, 0) is 6.42 Å². The van der Waals surface area contributed by atoms with E-state index in [0.717, 1.165) is 41.8 Å². The normalized spacial score (nSPS) is 10.8. The Morgan fingerprint density at radius 2 is 2.00 bits per heavy atom. The molecule has 1 aromatic carbocycles. The summed E-state index contributed by atoms with van der Waals surface area (Å²) in [6.07, 6.45) is 3.17. The first-order valence-corrected chi connectivity index (χ1v) is 7.11. The molecule has 0 unspecified atom stereocenters. The first-order chi connectivity index (χ1) is 8.58. The molecule has 3 nitrogen and oxygen atoms in total. The van der Waals surface area contributed by atoms with Gasteiger partial charge < -0.3 is 15.2 Å². The van der Waals surface area contributed by atoms with Crippen LogP contribution in [0.25, 0.3) is 0 Å². The van der Waals surface area contributed by atoms with Crippen LogP contribution in [0, 0.1) is 0 Å². The monoisotopic (exact) mass is 315 g/mol. The highest BCUT2D eigenvalue weighted by Crippen LogP contribution is 2.36. The Morgan fingerprint density at radius 1 is 1.28 bits per heavy atom. The van der Waals surface area contributed by atoms with Crippen LogP contribution in [0.2, 0.25) is 0 Å². The van der Waals surface area contributed by atoms with Crippen LogP contribution in [0.3, 0.4) is 0 Å². The standard InChI is InChI=1S/C14H22BrNO2/c1-10(2)18-14-11(6-4-5-7-16)8-12(15)9-13(14)17-3/h8-10H,4-7,16H2,1-3H3. The molecule has 1 aromatic rings. The zero-order valence-electron chi connectivity index (χ0n) is 11.3. The molecule has 0 fully saturated rings. The molecule has 0 spiro atoms. The van der Waals surface area contributed by atoms with Crippen LogP contribution in [-0.4, -0.2) is 19.8 Å². The lowest BCUT2D eigenvalue weighted by Gasteiger charge is -2.18. The Morgan fingerprint density at radius 3 is 2.56 bits per heavy atom. The molecule has 0 amide bonds. The molecule has 0 saturated heterocycles. The zero-order valence-corrected chi connectivity index (χ0v) is 12.9. The zero-order chi connectivity index (χ0) is 13.5. The van der Waals surface area contributed by atoms with Gasteiger partial charge in [0.2, 0.25) is 0 Å². The fraction of sp³-hybridized carbons (Fsp3) is 0.571. The molecule has 4 heteroatoms. The number of benzene rings is 1. The van der Waals surface area contributed by atoms with Gasteiger partial charge in [-0.05, 0) is 57.4 Å². The van der Waals surface area contributed by atoms with E-state index in [9.17, 15) is 0 Å². The number of nitrogens with two attached hydrogens (primary N) is 1. The van der Waals surface area contributed by atoms with Crippen molar-refractivity contribution in [3.63, 3.8) is 0 Å². The summed E-state index contributed by atoms with van der Waals surface area (Å²) in [6, 6.07) is 4.03. The Balaban J connectivity index is 2.99. The molecule has 0 aromatic heterocycles. The molecule has 0 saturated carbocycles. The van der Waals surface area contributed by atoms with E-state index in [1.165, 1.54) is 5.56 Å². The summed E-state index contributed by atoms with van der Waals surface area (Å²) in [5.74, 6) is 1.63. The Bertz CT molecular complexity index is 380. The molecule has 0 heterocycles. The van der Waals surface area contributed by atoms with Gasteiger partial charge in [-0.1, -0.05) is 15.9 Å². The van der Waals surface area contributed by atoms with Crippen molar-refractivity contribution >= 4 is 15.9 Å². The van der Waals surface area contributed by atoms with Crippen molar-refractivity contribution in [3.8, 4) is 11.5 Å². The van der Waals surface area contributed by atoms with Gasteiger partial charge in [0.25, 0.3) is 0 Å². The van der Waals surface area contributed by atoms with Crippen molar-refractivity contribution in [3.05, 3.63) is 22.2 Å². The number of methoxy groups -OCH3 is 1. The lowest BCUT2D eigenvalue weighted by molar-refractivity contribution is 0.227. The SMILES string of the molecule is COc1cc(Br)cc(CCCCN)c1OC(C)C. The van der Waals surface area contributed by atoms with Gasteiger partial charge in [0.1, 0.15) is 0 Å². The van der Waals surface area contributed by atoms with Crippen LogP contribution in [0.5, 0.6) is 11.5 Å². The Kier molecular flexibility index (Phi) is 6.50. The third-order valence-electron chi connectivity index (χ3n) is 2.57. The molecule has 0 aliphatic carbocycles. The number of halogens is 1. The van der Waals surface area contributed by atoms with E-state index in [1.807, 2.05) is 19.9 Å². The van der Waals surface area contributed by atoms with E-state index in [2.05, 4.69) is 22.0 Å². The fourth-order valence-corrected chi connectivity index (χ4v) is 2.27. The number of ether oxygens (including phenoxy) is 2. The molecule has 0 aliphatic rings. The largest absolute Gasteiger partial charge is 0.493 e. The van der Waals surface area contributed by atoms with Gasteiger partial charge in [-0.15, -0.1) is 0 Å². The number of hydrogen-bond acceptors (Lipinski definition) is 3. The van der Waals surface area contributed by atoms with E-state index in [0.29, 0.717) is 0 Å². The van der Waals surface area contributed by atoms with Gasteiger partial charge in [0, 0.05) is 4.47 Å². The maximum absolute atomic E-state index is 5.88. The summed E-state index contributed by atoms with van der Waals surface area (Å²) < 4.78 is 12.3. The molecule has 0 bridgehead atoms. The van der Waals surface area contributed by atoms with Gasteiger partial charge in [-0.2, -0.15) is 0 Å². The molecule has 18 heavy (non-hydrogen) atoms. The molecular formula is C14H22BrNO2. The van der Waals surface area contributed by atoms with Crippen LogP contribution >= 0.6 is 15.9 Å². The molecule has 0 atom stereocenters. The van der Waals surface area contributed by atoms with Gasteiger partial charge in [0.05, 0.1) is 13.2 Å². The van der Waals surface area contributed by atoms with E-state index in [1.54, 1.807) is 7.11 Å². The summed E-state index contributed by atoms with van der Waals surface area (Å²) >= 11 is 3.50. The molecule has 1 rings (SSSR count). The van der Waals surface area contributed by atoms with Crippen molar-refractivity contribution in [1.29, 1.82) is 0 Å². The highest BCUT2D eigenvalue weighted by Gasteiger charge is 2.13. The minimum atomic E-state index is 0.133. The van der Waals surface area contributed by atoms with E-state index in [-0.39, 0.29) is 6.10 Å². The van der Waals surface area contributed by atoms with Crippen LogP contribution < -0.4 is 15.2 Å². The molecule has 0 aliphatic heterocycles. The smallest absolute Gasteiger partial charge is 0.164 e. The van der Waals surface area contributed by atoms with Crippen molar-refractivity contribution in [2.24, 2.45) is 5.73 Å². The first kappa shape index (κ1) is 15.3. The van der Waals surface area contributed by atoms with Crippen molar-refractivity contribution in [1.82, 2.24) is 0 Å². The summed E-state index contributed by atoms with van der Waals surface area (Å²) in [5, 5.41) is 0. The molecule has 0 radical (unpaired) electrons. The quantitative estimate of drug-likeness (QED) is 0.783. The minimum absolute atomic E-state index is 0.133. The predicted molar refractivity (Wildman–Crippen MR) is 78.5 cm³/mol. The van der Waals surface area contributed by atoms with Gasteiger partial charge in [-0.25, -0.2) is 0 Å². The third kappa shape index (κ3) is 4.50. The average molecular weight is 316 g/mol. The Hall–Kier alpha value is -0.740. The van der Waals surface area contributed by atoms with Crippen molar-refractivity contribution in [2.75, 3.05) is 13.7 Å². The maximum Gasteiger partial charge on any atom is 0.164 e. The number of hydrogen-bond donors (Lipinski definition) is 1. The Labute approximate surface area is 118 Å². The van der Waals surface area contributed by atoms with E-state index < -0.39 is 0 Å². The van der Waals surface area contributed by atoms with Crippen LogP contribution in [0.4, 0.5) is 0 Å². The lowest BCUT2D eigenvalue weighted by Crippen LogP contribution is -2.09. The van der Waals surface area contributed by atoms with Crippen molar-refractivity contribution < 1.29 is 9.47 Å². The fourth-order valence-electron chi connectivity index (χ4n) is 1.79. The summed E-state index contributed by atoms with van der Waals surface area (Å²) in [7, 11) is 1.67. The molecule has 2 N–H and O–H groups in total. The van der Waals surface area contributed by atoms with Gasteiger partial charge in [-0.3, -0.25) is 0 Å². The summed E-state index contributed by atoms with van der Waals surface area (Å²) in [4.78, 5) is 0. The van der Waals surface area contributed by atoms with Gasteiger partial charge >= 0.3 is 0 Å². The second-order valence-corrected chi connectivity index (χ2v) is 5.42.